The molecule has 0 amide bonds. The highest BCUT2D eigenvalue weighted by Gasteiger charge is 2.13. The van der Waals surface area contributed by atoms with Crippen molar-refractivity contribution in [1.82, 2.24) is 9.97 Å². The maximum Gasteiger partial charge on any atom is 0.183 e. The van der Waals surface area contributed by atoms with Crippen LogP contribution in [-0.2, 0) is 0 Å². The third kappa shape index (κ3) is 2.18. The lowest BCUT2D eigenvalue weighted by Crippen LogP contribution is -1.99. The van der Waals surface area contributed by atoms with Crippen LogP contribution in [0.4, 0.5) is 20.2 Å². The summed E-state index contributed by atoms with van der Waals surface area (Å²) in [7, 11) is 0. The van der Waals surface area contributed by atoms with E-state index in [9.17, 15) is 8.78 Å². The molecular weight excluding hydrogens is 226 g/mol. The summed E-state index contributed by atoms with van der Waals surface area (Å²) in [5, 5.41) is 11.1. The number of nitrogens with one attached hydrogen (secondary N) is 1. The molecule has 6 heteroatoms. The SMILES string of the molecule is N#Cc1ccc(Nc2cncnc2)c(F)c1F. The average molecular weight is 232 g/mol. The molecule has 0 aliphatic heterocycles. The smallest absolute Gasteiger partial charge is 0.183 e. The van der Waals surface area contributed by atoms with E-state index >= 15 is 0 Å². The molecular formula is C11H6F2N4. The second-order valence-corrected chi connectivity index (χ2v) is 3.15. The van der Waals surface area contributed by atoms with E-state index in [1.165, 1.54) is 30.9 Å². The number of hydrogen-bond acceptors (Lipinski definition) is 4. The minimum Gasteiger partial charge on any atom is -0.351 e. The summed E-state index contributed by atoms with van der Waals surface area (Å²) < 4.78 is 26.8. The zero-order chi connectivity index (χ0) is 12.3. The number of anilines is 2. The maximum absolute atomic E-state index is 13.5. The third-order valence-electron chi connectivity index (χ3n) is 2.04. The first-order valence-electron chi connectivity index (χ1n) is 4.62. The van der Waals surface area contributed by atoms with E-state index in [0.29, 0.717) is 5.69 Å². The minimum atomic E-state index is -1.17. The molecule has 0 saturated carbocycles. The van der Waals surface area contributed by atoms with Gasteiger partial charge in [0.15, 0.2) is 11.6 Å². The molecule has 0 fully saturated rings. The van der Waals surface area contributed by atoms with E-state index in [-0.39, 0.29) is 11.3 Å². The van der Waals surface area contributed by atoms with Crippen LogP contribution in [0.25, 0.3) is 0 Å². The van der Waals surface area contributed by atoms with Crippen LogP contribution >= 0.6 is 0 Å². The largest absolute Gasteiger partial charge is 0.351 e. The Bertz CT molecular complexity index is 578. The topological polar surface area (TPSA) is 61.6 Å². The number of nitrogens with zero attached hydrogens (tertiary/aromatic N) is 3. The summed E-state index contributed by atoms with van der Waals surface area (Å²) in [5.41, 5.74) is 0.0177. The molecule has 0 unspecified atom stereocenters. The van der Waals surface area contributed by atoms with Crippen molar-refractivity contribution in [3.05, 3.63) is 48.1 Å². The molecule has 2 aromatic rings. The molecule has 0 aliphatic carbocycles. The second-order valence-electron chi connectivity index (χ2n) is 3.15. The van der Waals surface area contributed by atoms with Gasteiger partial charge in [0.1, 0.15) is 12.4 Å². The molecule has 1 aromatic heterocycles. The number of nitriles is 1. The Labute approximate surface area is 95.6 Å². The average Bonchev–Trinajstić information content (AvgIpc) is 2.37. The second kappa shape index (κ2) is 4.53. The van der Waals surface area contributed by atoms with Crippen molar-refractivity contribution in [2.75, 3.05) is 5.32 Å². The highest BCUT2D eigenvalue weighted by molar-refractivity contribution is 5.59. The number of rotatable bonds is 2. The van der Waals surface area contributed by atoms with Gasteiger partial charge in [-0.15, -0.1) is 0 Å². The van der Waals surface area contributed by atoms with Crippen molar-refractivity contribution >= 4 is 11.4 Å². The molecule has 17 heavy (non-hydrogen) atoms. The van der Waals surface area contributed by atoms with E-state index < -0.39 is 11.6 Å². The Balaban J connectivity index is 2.36. The fraction of sp³-hybridized carbons (Fsp3) is 0. The molecule has 0 saturated heterocycles. The normalized spacial score (nSPS) is 9.71. The van der Waals surface area contributed by atoms with Crippen molar-refractivity contribution in [1.29, 1.82) is 5.26 Å². The Kier molecular flexibility index (Phi) is 2.92. The van der Waals surface area contributed by atoms with Crippen LogP contribution < -0.4 is 5.32 Å². The summed E-state index contributed by atoms with van der Waals surface area (Å²) in [5.74, 6) is -2.28. The predicted molar refractivity (Wildman–Crippen MR) is 56.4 cm³/mol. The van der Waals surface area contributed by atoms with Crippen LogP contribution in [0.5, 0.6) is 0 Å². The number of aromatic nitrogens is 2. The number of benzene rings is 1. The highest BCUT2D eigenvalue weighted by Crippen LogP contribution is 2.22. The van der Waals surface area contributed by atoms with Gasteiger partial charge < -0.3 is 5.32 Å². The summed E-state index contributed by atoms with van der Waals surface area (Å²) in [6.07, 6.45) is 4.16. The summed E-state index contributed by atoms with van der Waals surface area (Å²) in [4.78, 5) is 7.45. The van der Waals surface area contributed by atoms with E-state index in [2.05, 4.69) is 15.3 Å². The molecule has 84 valence electrons. The van der Waals surface area contributed by atoms with Crippen LogP contribution in [-0.4, -0.2) is 9.97 Å². The van der Waals surface area contributed by atoms with E-state index in [1.807, 2.05) is 0 Å². The molecule has 0 spiro atoms. The van der Waals surface area contributed by atoms with Gasteiger partial charge in [0.25, 0.3) is 0 Å². The molecule has 0 atom stereocenters. The van der Waals surface area contributed by atoms with Crippen molar-refractivity contribution in [3.63, 3.8) is 0 Å². The summed E-state index contributed by atoms with van der Waals surface area (Å²) in [6, 6.07) is 4.04. The third-order valence-corrected chi connectivity index (χ3v) is 2.04. The van der Waals surface area contributed by atoms with Gasteiger partial charge in [-0.05, 0) is 12.1 Å². The van der Waals surface area contributed by atoms with Crippen LogP contribution in [0.2, 0.25) is 0 Å². The Morgan fingerprint density at radius 1 is 1.12 bits per heavy atom. The van der Waals surface area contributed by atoms with Crippen LogP contribution in [0.15, 0.2) is 30.9 Å². The fourth-order valence-corrected chi connectivity index (χ4v) is 1.25. The molecule has 0 aliphatic rings. The van der Waals surface area contributed by atoms with Crippen molar-refractivity contribution in [2.24, 2.45) is 0 Å². The minimum absolute atomic E-state index is 0.0729. The van der Waals surface area contributed by atoms with Crippen molar-refractivity contribution in [3.8, 4) is 6.07 Å². The molecule has 1 N–H and O–H groups in total. The lowest BCUT2D eigenvalue weighted by molar-refractivity contribution is 0.509. The van der Waals surface area contributed by atoms with E-state index in [0.717, 1.165) is 0 Å². The fourth-order valence-electron chi connectivity index (χ4n) is 1.25. The van der Waals surface area contributed by atoms with Gasteiger partial charge in [0, 0.05) is 0 Å². The molecule has 2 rings (SSSR count). The standard InChI is InChI=1S/C11H6F2N4/c12-10-7(3-14)1-2-9(11(10)13)17-8-4-15-6-16-5-8/h1-2,4-6,17H. The highest BCUT2D eigenvalue weighted by atomic mass is 19.2. The first-order chi connectivity index (χ1) is 8.22. The summed E-state index contributed by atoms with van der Waals surface area (Å²) >= 11 is 0. The Morgan fingerprint density at radius 3 is 2.47 bits per heavy atom. The number of halogens is 2. The van der Waals surface area contributed by atoms with Crippen molar-refractivity contribution < 1.29 is 8.78 Å². The molecule has 4 nitrogen and oxygen atoms in total. The molecule has 1 heterocycles. The van der Waals surface area contributed by atoms with E-state index in [4.69, 9.17) is 5.26 Å². The first kappa shape index (κ1) is 11.0. The molecule has 1 aromatic carbocycles. The maximum atomic E-state index is 13.5. The van der Waals surface area contributed by atoms with Gasteiger partial charge in [-0.25, -0.2) is 18.7 Å². The van der Waals surface area contributed by atoms with Gasteiger partial charge >= 0.3 is 0 Å². The first-order valence-corrected chi connectivity index (χ1v) is 4.62. The molecule has 0 radical (unpaired) electrons. The van der Waals surface area contributed by atoms with Gasteiger partial charge in [-0.1, -0.05) is 0 Å². The van der Waals surface area contributed by atoms with Crippen LogP contribution in [0.1, 0.15) is 5.56 Å². The quantitative estimate of drug-likeness (QED) is 0.863. The van der Waals surface area contributed by atoms with Crippen LogP contribution in [0, 0.1) is 23.0 Å². The zero-order valence-corrected chi connectivity index (χ0v) is 8.48. The van der Waals surface area contributed by atoms with Gasteiger partial charge in [0.2, 0.25) is 0 Å². The molecule has 0 bridgehead atoms. The van der Waals surface area contributed by atoms with Crippen molar-refractivity contribution in [2.45, 2.75) is 0 Å². The van der Waals surface area contributed by atoms with Crippen LogP contribution in [0.3, 0.4) is 0 Å². The van der Waals surface area contributed by atoms with Gasteiger partial charge in [-0.2, -0.15) is 5.26 Å². The Morgan fingerprint density at radius 2 is 1.82 bits per heavy atom. The monoisotopic (exact) mass is 232 g/mol. The lowest BCUT2D eigenvalue weighted by atomic mass is 10.2. The number of hydrogen-bond donors (Lipinski definition) is 1. The van der Waals surface area contributed by atoms with Gasteiger partial charge in [-0.3, -0.25) is 0 Å². The predicted octanol–water partition coefficient (Wildman–Crippen LogP) is 2.37. The van der Waals surface area contributed by atoms with Gasteiger partial charge in [0.05, 0.1) is 29.3 Å². The zero-order valence-electron chi connectivity index (χ0n) is 8.48. The summed E-state index contributed by atoms with van der Waals surface area (Å²) in [6.45, 7) is 0. The Hall–Kier alpha value is -2.55. The lowest BCUT2D eigenvalue weighted by Gasteiger charge is -2.07. The van der Waals surface area contributed by atoms with E-state index in [1.54, 1.807) is 6.07 Å².